The van der Waals surface area contributed by atoms with Gasteiger partial charge in [-0.25, -0.2) is 4.39 Å². The Morgan fingerprint density at radius 3 is 2.32 bits per heavy atom. The fourth-order valence-electron chi connectivity index (χ4n) is 5.70. The van der Waals surface area contributed by atoms with Crippen LogP contribution < -0.4 is 15.5 Å². The number of hydrogen-bond acceptors (Lipinski definition) is 4. The van der Waals surface area contributed by atoms with Gasteiger partial charge in [0, 0.05) is 12.2 Å². The summed E-state index contributed by atoms with van der Waals surface area (Å²) >= 11 is 0. The monoisotopic (exact) mass is 497 g/mol. The molecule has 0 aromatic heterocycles. The molecule has 6 rings (SSSR count). The minimum atomic E-state index is -1.32. The van der Waals surface area contributed by atoms with Gasteiger partial charge in [0.25, 0.3) is 0 Å². The lowest BCUT2D eigenvalue weighted by Crippen LogP contribution is -2.54. The first-order chi connectivity index (χ1) is 18.0. The van der Waals surface area contributed by atoms with Gasteiger partial charge >= 0.3 is 0 Å². The molecule has 2 bridgehead atoms. The van der Waals surface area contributed by atoms with Gasteiger partial charge in [-0.3, -0.25) is 19.3 Å². The van der Waals surface area contributed by atoms with Gasteiger partial charge in [0.05, 0.1) is 23.6 Å². The van der Waals surface area contributed by atoms with Crippen LogP contribution >= 0.6 is 0 Å². The normalized spacial score (nSPS) is 27.3. The maximum absolute atomic E-state index is 14.3. The molecule has 1 spiro atoms. The molecule has 2 N–H and O–H groups in total. The number of nitrogens with one attached hydrogen (secondary N) is 2. The van der Waals surface area contributed by atoms with E-state index in [-0.39, 0.29) is 24.0 Å². The summed E-state index contributed by atoms with van der Waals surface area (Å²) in [6.07, 6.45) is 2.76. The zero-order valence-corrected chi connectivity index (χ0v) is 19.7. The Morgan fingerprint density at radius 1 is 0.919 bits per heavy atom. The summed E-state index contributed by atoms with van der Waals surface area (Å²) in [5.74, 6) is -3.74. The average Bonchev–Trinajstić information content (AvgIpc) is 3.57. The third-order valence-electron chi connectivity index (χ3n) is 7.30. The van der Waals surface area contributed by atoms with Crippen LogP contribution in [0.2, 0.25) is 0 Å². The van der Waals surface area contributed by atoms with Crippen molar-refractivity contribution in [3.63, 3.8) is 0 Å². The molecule has 8 heteroatoms. The number of amides is 3. The Kier molecular flexibility index (Phi) is 5.61. The maximum atomic E-state index is 14.3. The predicted molar refractivity (Wildman–Crippen MR) is 135 cm³/mol. The molecule has 2 fully saturated rings. The van der Waals surface area contributed by atoms with Crippen molar-refractivity contribution >= 4 is 29.1 Å². The maximum Gasteiger partial charge on any atom is 0.246 e. The van der Waals surface area contributed by atoms with E-state index in [1.165, 1.54) is 23.1 Å². The second kappa shape index (κ2) is 8.97. The van der Waals surface area contributed by atoms with Crippen molar-refractivity contribution in [2.45, 2.75) is 24.3 Å². The molecule has 3 heterocycles. The predicted octanol–water partition coefficient (Wildman–Crippen LogP) is 3.44. The highest BCUT2D eigenvalue weighted by atomic mass is 19.1. The molecule has 0 saturated carbocycles. The van der Waals surface area contributed by atoms with Crippen molar-refractivity contribution in [2.24, 2.45) is 11.8 Å². The Balaban J connectivity index is 1.35. The first-order valence-corrected chi connectivity index (χ1v) is 12.1. The molecule has 186 valence electrons. The molecule has 3 aliphatic rings. The Labute approximate surface area is 212 Å². The molecule has 3 aromatic rings. The highest BCUT2D eigenvalue weighted by molar-refractivity contribution is 6.11. The molecule has 0 aliphatic carbocycles. The van der Waals surface area contributed by atoms with E-state index in [1.54, 1.807) is 42.5 Å². The molecule has 0 radical (unpaired) electrons. The summed E-state index contributed by atoms with van der Waals surface area (Å²) in [5.41, 5.74) is 0.144. The number of para-hydroxylation sites is 2. The first kappa shape index (κ1) is 23.1. The van der Waals surface area contributed by atoms with Crippen LogP contribution in [0.15, 0.2) is 97.1 Å². The number of carbonyl (C=O) groups excluding carboxylic acids is 3. The van der Waals surface area contributed by atoms with Crippen LogP contribution in [-0.2, 0) is 25.7 Å². The molecule has 3 amide bonds. The number of rotatable bonds is 6. The quantitative estimate of drug-likeness (QED) is 0.511. The van der Waals surface area contributed by atoms with Gasteiger partial charge in [0.15, 0.2) is 0 Å². The summed E-state index contributed by atoms with van der Waals surface area (Å²) in [6.45, 7) is 0.276. The lowest BCUT2D eigenvalue weighted by Gasteiger charge is -2.32. The van der Waals surface area contributed by atoms with Gasteiger partial charge in [-0.1, -0.05) is 72.8 Å². The second-order valence-electron chi connectivity index (χ2n) is 9.42. The lowest BCUT2D eigenvalue weighted by molar-refractivity contribution is -0.128. The van der Waals surface area contributed by atoms with E-state index in [0.29, 0.717) is 5.69 Å². The number of halogens is 1. The summed E-state index contributed by atoms with van der Waals surface area (Å²) in [4.78, 5) is 42.5. The van der Waals surface area contributed by atoms with Crippen molar-refractivity contribution in [3.05, 3.63) is 108 Å². The Morgan fingerprint density at radius 2 is 1.59 bits per heavy atom. The van der Waals surface area contributed by atoms with Crippen molar-refractivity contribution in [1.82, 2.24) is 5.32 Å². The van der Waals surface area contributed by atoms with Crippen LogP contribution in [-0.4, -0.2) is 35.5 Å². The molecule has 37 heavy (non-hydrogen) atoms. The van der Waals surface area contributed by atoms with Crippen molar-refractivity contribution in [2.75, 3.05) is 10.2 Å². The van der Waals surface area contributed by atoms with Gasteiger partial charge in [-0.05, 0) is 29.8 Å². The zero-order chi connectivity index (χ0) is 25.6. The highest BCUT2D eigenvalue weighted by Gasteiger charge is 2.73. The molecule has 2 saturated heterocycles. The summed E-state index contributed by atoms with van der Waals surface area (Å²) < 4.78 is 20.6. The smallest absolute Gasteiger partial charge is 0.246 e. The summed E-state index contributed by atoms with van der Waals surface area (Å²) in [6, 6.07) is 23.2. The minimum absolute atomic E-state index is 0.0239. The van der Waals surface area contributed by atoms with Gasteiger partial charge in [0.2, 0.25) is 17.7 Å². The van der Waals surface area contributed by atoms with Gasteiger partial charge in [-0.15, -0.1) is 0 Å². The van der Waals surface area contributed by atoms with E-state index >= 15 is 0 Å². The lowest BCUT2D eigenvalue weighted by atomic mass is 9.74. The molecular weight excluding hydrogens is 473 g/mol. The largest absolute Gasteiger partial charge is 0.359 e. The standard InChI is InChI=1S/C29H24FN3O4/c30-20-13-7-8-14-21(20)32-26(34)23-22-15-16-29(37-22)24(23)28(36)33(19-11-5-2-6-12-19)25(29)27(35)31-17-18-9-3-1-4-10-18/h1-16,22-25H,17H2,(H,31,35)(H,32,34). The molecule has 5 atom stereocenters. The molecule has 5 unspecified atom stereocenters. The third kappa shape index (κ3) is 3.72. The number of benzene rings is 3. The molecular formula is C29H24FN3O4. The van der Waals surface area contributed by atoms with Crippen LogP contribution in [0, 0.1) is 17.7 Å². The van der Waals surface area contributed by atoms with E-state index in [0.717, 1.165) is 5.56 Å². The third-order valence-corrected chi connectivity index (χ3v) is 7.30. The topological polar surface area (TPSA) is 87.7 Å². The van der Waals surface area contributed by atoms with E-state index < -0.39 is 41.3 Å². The number of anilines is 2. The number of hydrogen-bond donors (Lipinski definition) is 2. The zero-order valence-electron chi connectivity index (χ0n) is 19.7. The molecule has 3 aromatic carbocycles. The number of carbonyl (C=O) groups is 3. The summed E-state index contributed by atoms with van der Waals surface area (Å²) in [7, 11) is 0. The van der Waals surface area contributed by atoms with Crippen LogP contribution in [0.3, 0.4) is 0 Å². The SMILES string of the molecule is O=C(Nc1ccccc1F)C1C2C=CC3(O2)C1C(=O)N(c1ccccc1)C3C(=O)NCc1ccccc1. The fourth-order valence-corrected chi connectivity index (χ4v) is 5.70. The summed E-state index contributed by atoms with van der Waals surface area (Å²) in [5, 5.41) is 5.56. The highest BCUT2D eigenvalue weighted by Crippen LogP contribution is 2.56. The van der Waals surface area contributed by atoms with E-state index in [4.69, 9.17) is 4.74 Å². The average molecular weight is 498 g/mol. The Hall–Kier alpha value is -4.30. The van der Waals surface area contributed by atoms with Crippen molar-refractivity contribution in [3.8, 4) is 0 Å². The van der Waals surface area contributed by atoms with Crippen molar-refractivity contribution < 1.29 is 23.5 Å². The van der Waals surface area contributed by atoms with Gasteiger partial charge < -0.3 is 15.4 Å². The van der Waals surface area contributed by atoms with Crippen LogP contribution in [0.5, 0.6) is 0 Å². The van der Waals surface area contributed by atoms with Crippen LogP contribution in [0.4, 0.5) is 15.8 Å². The molecule has 7 nitrogen and oxygen atoms in total. The van der Waals surface area contributed by atoms with Crippen LogP contribution in [0.25, 0.3) is 0 Å². The second-order valence-corrected chi connectivity index (χ2v) is 9.42. The van der Waals surface area contributed by atoms with E-state index in [9.17, 15) is 18.8 Å². The van der Waals surface area contributed by atoms with E-state index in [1.807, 2.05) is 36.4 Å². The van der Waals surface area contributed by atoms with E-state index in [2.05, 4.69) is 10.6 Å². The van der Waals surface area contributed by atoms with Crippen molar-refractivity contribution in [1.29, 1.82) is 0 Å². The minimum Gasteiger partial charge on any atom is -0.359 e. The van der Waals surface area contributed by atoms with Crippen LogP contribution in [0.1, 0.15) is 5.56 Å². The number of nitrogens with zero attached hydrogens (tertiary/aromatic N) is 1. The van der Waals surface area contributed by atoms with Gasteiger partial charge in [-0.2, -0.15) is 0 Å². The number of ether oxygens (including phenoxy) is 1. The van der Waals surface area contributed by atoms with Gasteiger partial charge in [0.1, 0.15) is 17.5 Å². The number of fused-ring (bicyclic) bond motifs is 1. The Bertz CT molecular complexity index is 1400. The fraction of sp³-hybridized carbons (Fsp3) is 0.207. The molecule has 3 aliphatic heterocycles. The first-order valence-electron chi connectivity index (χ1n) is 12.1.